The Morgan fingerprint density at radius 3 is 2.62 bits per heavy atom. The molecule has 24 heavy (non-hydrogen) atoms. The molecule has 0 aliphatic carbocycles. The summed E-state index contributed by atoms with van der Waals surface area (Å²) < 4.78 is 10.5. The maximum absolute atomic E-state index is 11.9. The lowest BCUT2D eigenvalue weighted by Crippen LogP contribution is -2.37. The Hall–Kier alpha value is -2.37. The first-order valence-electron chi connectivity index (χ1n) is 8.17. The van der Waals surface area contributed by atoms with Crippen molar-refractivity contribution in [3.63, 3.8) is 0 Å². The summed E-state index contributed by atoms with van der Waals surface area (Å²) in [6, 6.07) is 11.9. The number of hydrogen-bond acceptors (Lipinski definition) is 4. The van der Waals surface area contributed by atoms with Crippen molar-refractivity contribution in [2.75, 3.05) is 31.6 Å². The number of hydrogen-bond donors (Lipinski definition) is 1. The number of nitrogens with one attached hydrogen (secondary N) is 1. The van der Waals surface area contributed by atoms with E-state index in [2.05, 4.69) is 29.3 Å². The number of ether oxygens (including phenoxy) is 1. The average molecular weight is 326 g/mol. The third kappa shape index (κ3) is 4.34. The van der Waals surface area contributed by atoms with Crippen LogP contribution in [0.2, 0.25) is 0 Å². The van der Waals surface area contributed by atoms with E-state index in [0.29, 0.717) is 11.8 Å². The lowest BCUT2D eigenvalue weighted by atomic mass is 10.1. The predicted molar refractivity (Wildman–Crippen MR) is 93.6 cm³/mol. The Kier molecular flexibility index (Phi) is 5.46. The van der Waals surface area contributed by atoms with Crippen LogP contribution in [0.15, 0.2) is 53.2 Å². The van der Waals surface area contributed by atoms with E-state index in [9.17, 15) is 4.79 Å². The zero-order chi connectivity index (χ0) is 16.8. The SMILES string of the molecule is C[C@H](c1ccc(NC(=O)/C=C/c2ccco2)cc1)N1CCOCC1. The van der Waals surface area contributed by atoms with Crippen molar-refractivity contribution in [3.8, 4) is 0 Å². The number of carbonyl (C=O) groups is 1. The first-order chi connectivity index (χ1) is 11.7. The summed E-state index contributed by atoms with van der Waals surface area (Å²) in [7, 11) is 0. The summed E-state index contributed by atoms with van der Waals surface area (Å²) in [5.74, 6) is 0.472. The van der Waals surface area contributed by atoms with Gasteiger partial charge in [0.25, 0.3) is 0 Å². The molecule has 5 heteroatoms. The Labute approximate surface area is 141 Å². The minimum atomic E-state index is -0.180. The Morgan fingerprint density at radius 1 is 1.21 bits per heavy atom. The molecular formula is C19H22N2O3. The third-order valence-corrected chi connectivity index (χ3v) is 4.20. The van der Waals surface area contributed by atoms with E-state index in [1.165, 1.54) is 11.6 Å². The number of nitrogens with zero attached hydrogens (tertiary/aromatic N) is 1. The van der Waals surface area contributed by atoms with E-state index < -0.39 is 0 Å². The molecule has 126 valence electrons. The summed E-state index contributed by atoms with van der Waals surface area (Å²) in [5.41, 5.74) is 2.02. The number of anilines is 1. The van der Waals surface area contributed by atoms with Gasteiger partial charge in [0.15, 0.2) is 0 Å². The maximum atomic E-state index is 11.9. The van der Waals surface area contributed by atoms with Crippen LogP contribution in [-0.4, -0.2) is 37.1 Å². The predicted octanol–water partition coefficient (Wildman–Crippen LogP) is 3.32. The first-order valence-corrected chi connectivity index (χ1v) is 8.17. The number of furan rings is 1. The van der Waals surface area contributed by atoms with Gasteiger partial charge in [0, 0.05) is 30.9 Å². The van der Waals surface area contributed by atoms with Gasteiger partial charge in [-0.3, -0.25) is 9.69 Å². The minimum Gasteiger partial charge on any atom is -0.465 e. The van der Waals surface area contributed by atoms with Crippen LogP contribution in [0, 0.1) is 0 Å². The van der Waals surface area contributed by atoms with E-state index in [4.69, 9.17) is 9.15 Å². The molecule has 0 unspecified atom stereocenters. The maximum Gasteiger partial charge on any atom is 0.248 e. The van der Waals surface area contributed by atoms with Crippen LogP contribution in [0.4, 0.5) is 5.69 Å². The molecule has 3 rings (SSSR count). The smallest absolute Gasteiger partial charge is 0.248 e. The molecule has 1 fully saturated rings. The Morgan fingerprint density at radius 2 is 1.96 bits per heavy atom. The van der Waals surface area contributed by atoms with Crippen LogP contribution >= 0.6 is 0 Å². The normalized spacial score (nSPS) is 17.0. The standard InChI is InChI=1S/C19H22N2O3/c1-15(21-10-13-23-14-11-21)16-4-6-17(7-5-16)20-19(22)9-8-18-3-2-12-24-18/h2-9,12,15H,10-11,13-14H2,1H3,(H,20,22)/b9-8+/t15-/m1/s1. The average Bonchev–Trinajstić information content (AvgIpc) is 3.14. The molecule has 2 heterocycles. The molecule has 1 aromatic carbocycles. The zero-order valence-electron chi connectivity index (χ0n) is 13.8. The largest absolute Gasteiger partial charge is 0.465 e. The Balaban J connectivity index is 1.56. The van der Waals surface area contributed by atoms with Crippen LogP contribution in [0.5, 0.6) is 0 Å². The molecule has 0 radical (unpaired) electrons. The highest BCUT2D eigenvalue weighted by atomic mass is 16.5. The Bertz CT molecular complexity index is 671. The fourth-order valence-corrected chi connectivity index (χ4v) is 2.75. The molecule has 2 aromatic rings. The second-order valence-electron chi connectivity index (χ2n) is 5.78. The molecule has 1 aromatic heterocycles. The fraction of sp³-hybridized carbons (Fsp3) is 0.316. The van der Waals surface area contributed by atoms with Crippen molar-refractivity contribution in [2.24, 2.45) is 0 Å². The number of benzene rings is 1. The molecule has 1 amide bonds. The molecule has 5 nitrogen and oxygen atoms in total. The van der Waals surface area contributed by atoms with Crippen LogP contribution in [-0.2, 0) is 9.53 Å². The lowest BCUT2D eigenvalue weighted by molar-refractivity contribution is -0.111. The number of rotatable bonds is 5. The lowest BCUT2D eigenvalue weighted by Gasteiger charge is -2.32. The van der Waals surface area contributed by atoms with Crippen molar-refractivity contribution in [1.82, 2.24) is 4.90 Å². The van der Waals surface area contributed by atoms with Gasteiger partial charge in [-0.1, -0.05) is 12.1 Å². The van der Waals surface area contributed by atoms with E-state index in [-0.39, 0.29) is 5.91 Å². The monoisotopic (exact) mass is 326 g/mol. The van der Waals surface area contributed by atoms with Crippen molar-refractivity contribution in [2.45, 2.75) is 13.0 Å². The van der Waals surface area contributed by atoms with Gasteiger partial charge in [-0.2, -0.15) is 0 Å². The molecule has 0 saturated carbocycles. The molecule has 0 bridgehead atoms. The molecule has 1 aliphatic rings. The molecular weight excluding hydrogens is 304 g/mol. The van der Waals surface area contributed by atoms with Gasteiger partial charge in [0.05, 0.1) is 19.5 Å². The highest BCUT2D eigenvalue weighted by molar-refractivity contribution is 6.01. The van der Waals surface area contributed by atoms with Gasteiger partial charge >= 0.3 is 0 Å². The molecule has 1 N–H and O–H groups in total. The van der Waals surface area contributed by atoms with Crippen molar-refractivity contribution in [1.29, 1.82) is 0 Å². The highest BCUT2D eigenvalue weighted by Crippen LogP contribution is 2.22. The number of carbonyl (C=O) groups excluding carboxylic acids is 1. The first kappa shape index (κ1) is 16.5. The van der Waals surface area contributed by atoms with Gasteiger partial charge in [-0.05, 0) is 42.8 Å². The fourth-order valence-electron chi connectivity index (χ4n) is 2.75. The second-order valence-corrected chi connectivity index (χ2v) is 5.78. The van der Waals surface area contributed by atoms with Crippen LogP contribution in [0.25, 0.3) is 6.08 Å². The molecule has 1 aliphatic heterocycles. The molecule has 1 saturated heterocycles. The number of morpholine rings is 1. The molecule has 1 atom stereocenters. The van der Waals surface area contributed by atoms with Gasteiger partial charge in [0.2, 0.25) is 5.91 Å². The van der Waals surface area contributed by atoms with Crippen molar-refractivity contribution < 1.29 is 13.9 Å². The summed E-state index contributed by atoms with van der Waals surface area (Å²) in [6.07, 6.45) is 4.68. The van der Waals surface area contributed by atoms with Gasteiger partial charge in [-0.25, -0.2) is 0 Å². The van der Waals surface area contributed by atoms with Crippen LogP contribution in [0.1, 0.15) is 24.3 Å². The summed E-state index contributed by atoms with van der Waals surface area (Å²) in [4.78, 5) is 14.3. The summed E-state index contributed by atoms with van der Waals surface area (Å²) >= 11 is 0. The summed E-state index contributed by atoms with van der Waals surface area (Å²) in [5, 5.41) is 2.85. The van der Waals surface area contributed by atoms with Gasteiger partial charge in [-0.15, -0.1) is 0 Å². The van der Waals surface area contributed by atoms with Crippen molar-refractivity contribution in [3.05, 3.63) is 60.1 Å². The van der Waals surface area contributed by atoms with Crippen LogP contribution in [0.3, 0.4) is 0 Å². The van der Waals surface area contributed by atoms with Crippen LogP contribution < -0.4 is 5.32 Å². The third-order valence-electron chi connectivity index (χ3n) is 4.20. The minimum absolute atomic E-state index is 0.180. The van der Waals surface area contributed by atoms with E-state index >= 15 is 0 Å². The van der Waals surface area contributed by atoms with Gasteiger partial charge in [0.1, 0.15) is 5.76 Å². The highest BCUT2D eigenvalue weighted by Gasteiger charge is 2.18. The van der Waals surface area contributed by atoms with E-state index in [0.717, 1.165) is 32.0 Å². The second kappa shape index (κ2) is 7.95. The number of amides is 1. The summed E-state index contributed by atoms with van der Waals surface area (Å²) in [6.45, 7) is 5.69. The quantitative estimate of drug-likeness (QED) is 0.856. The molecule has 0 spiro atoms. The zero-order valence-corrected chi connectivity index (χ0v) is 13.8. The van der Waals surface area contributed by atoms with Crippen molar-refractivity contribution >= 4 is 17.7 Å². The van der Waals surface area contributed by atoms with Gasteiger partial charge < -0.3 is 14.5 Å². The topological polar surface area (TPSA) is 54.7 Å². The van der Waals surface area contributed by atoms with E-state index in [1.807, 2.05) is 12.1 Å². The van der Waals surface area contributed by atoms with E-state index in [1.54, 1.807) is 24.5 Å².